The Hall–Kier alpha value is -2.16. The highest BCUT2D eigenvalue weighted by atomic mass is 16.4. The summed E-state index contributed by atoms with van der Waals surface area (Å²) in [5.41, 5.74) is 5.89. The Morgan fingerprint density at radius 1 is 0.897 bits per heavy atom. The second kappa shape index (κ2) is 13.1. The van der Waals surface area contributed by atoms with E-state index in [9.17, 15) is 24.3 Å². The highest BCUT2D eigenvalue weighted by molar-refractivity contribution is 5.92. The Morgan fingerprint density at radius 2 is 1.45 bits per heavy atom. The maximum absolute atomic E-state index is 12.6. The smallest absolute Gasteiger partial charge is 0.326 e. The summed E-state index contributed by atoms with van der Waals surface area (Å²) in [5.74, 6) is -2.48. The van der Waals surface area contributed by atoms with Crippen molar-refractivity contribution in [1.29, 1.82) is 0 Å². The van der Waals surface area contributed by atoms with Gasteiger partial charge in [-0.25, -0.2) is 4.79 Å². The molecule has 0 aliphatic heterocycles. The molecule has 0 aromatic rings. The van der Waals surface area contributed by atoms with E-state index in [1.807, 2.05) is 41.5 Å². The summed E-state index contributed by atoms with van der Waals surface area (Å²) in [7, 11) is 0. The van der Waals surface area contributed by atoms with Crippen molar-refractivity contribution >= 4 is 23.7 Å². The van der Waals surface area contributed by atoms with Gasteiger partial charge < -0.3 is 26.8 Å². The zero-order valence-electron chi connectivity index (χ0n) is 18.5. The first-order valence-corrected chi connectivity index (χ1v) is 10.2. The summed E-state index contributed by atoms with van der Waals surface area (Å²) in [4.78, 5) is 48.2. The molecule has 0 saturated heterocycles. The SMILES string of the molecule is CCC(C)C(NC(=O)C(N)CC(C)C)C(=O)NCC(=O)NC(CC(C)C)C(=O)O. The zero-order chi connectivity index (χ0) is 22.7. The number of carbonyl (C=O) groups is 4. The van der Waals surface area contributed by atoms with E-state index in [4.69, 9.17) is 5.73 Å². The van der Waals surface area contributed by atoms with Crippen LogP contribution in [0.2, 0.25) is 0 Å². The normalized spacial score (nSPS) is 15.3. The van der Waals surface area contributed by atoms with E-state index in [0.717, 1.165) is 0 Å². The molecule has 0 radical (unpaired) electrons. The molecular formula is C20H38N4O5. The third kappa shape index (κ3) is 10.8. The molecule has 4 unspecified atom stereocenters. The Balaban J connectivity index is 4.88. The van der Waals surface area contributed by atoms with E-state index < -0.39 is 41.8 Å². The van der Waals surface area contributed by atoms with E-state index in [-0.39, 0.29) is 30.7 Å². The second-order valence-corrected chi connectivity index (χ2v) is 8.41. The molecule has 0 aromatic heterocycles. The van der Waals surface area contributed by atoms with Crippen molar-refractivity contribution in [3.63, 3.8) is 0 Å². The van der Waals surface area contributed by atoms with Crippen LogP contribution in [0.15, 0.2) is 0 Å². The van der Waals surface area contributed by atoms with Gasteiger partial charge in [0.15, 0.2) is 0 Å². The van der Waals surface area contributed by atoms with Crippen molar-refractivity contribution in [2.24, 2.45) is 23.5 Å². The Kier molecular flexibility index (Phi) is 12.2. The first kappa shape index (κ1) is 26.8. The predicted octanol–water partition coefficient (Wildman–Crippen LogP) is 0.622. The van der Waals surface area contributed by atoms with Gasteiger partial charge in [-0.15, -0.1) is 0 Å². The molecule has 0 rings (SSSR count). The van der Waals surface area contributed by atoms with Crippen LogP contribution in [-0.2, 0) is 19.2 Å². The summed E-state index contributed by atoms with van der Waals surface area (Å²) in [5, 5.41) is 16.8. The number of nitrogens with one attached hydrogen (secondary N) is 3. The molecule has 29 heavy (non-hydrogen) atoms. The van der Waals surface area contributed by atoms with Crippen LogP contribution in [0.3, 0.4) is 0 Å². The fraction of sp³-hybridized carbons (Fsp3) is 0.800. The maximum atomic E-state index is 12.6. The van der Waals surface area contributed by atoms with Crippen LogP contribution >= 0.6 is 0 Å². The molecule has 0 heterocycles. The number of carbonyl (C=O) groups excluding carboxylic acids is 3. The molecule has 0 aliphatic rings. The van der Waals surface area contributed by atoms with Crippen LogP contribution in [0.25, 0.3) is 0 Å². The van der Waals surface area contributed by atoms with Gasteiger partial charge in [0.2, 0.25) is 17.7 Å². The highest BCUT2D eigenvalue weighted by Crippen LogP contribution is 2.10. The molecule has 0 fully saturated rings. The number of nitrogens with two attached hydrogens (primary N) is 1. The lowest BCUT2D eigenvalue weighted by Crippen LogP contribution is -2.55. The van der Waals surface area contributed by atoms with Crippen LogP contribution in [0.5, 0.6) is 0 Å². The first-order valence-electron chi connectivity index (χ1n) is 10.2. The summed E-state index contributed by atoms with van der Waals surface area (Å²) >= 11 is 0. The first-order chi connectivity index (χ1) is 13.4. The third-order valence-corrected chi connectivity index (χ3v) is 4.62. The van der Waals surface area contributed by atoms with Gasteiger partial charge in [-0.2, -0.15) is 0 Å². The molecular weight excluding hydrogens is 376 g/mol. The largest absolute Gasteiger partial charge is 0.480 e. The molecule has 168 valence electrons. The molecule has 6 N–H and O–H groups in total. The topological polar surface area (TPSA) is 151 Å². The second-order valence-electron chi connectivity index (χ2n) is 8.41. The molecule has 9 nitrogen and oxygen atoms in total. The maximum Gasteiger partial charge on any atom is 0.326 e. The monoisotopic (exact) mass is 414 g/mol. The van der Waals surface area contributed by atoms with E-state index in [2.05, 4.69) is 16.0 Å². The number of carboxylic acid groups (broad SMARTS) is 1. The summed E-state index contributed by atoms with van der Waals surface area (Å²) < 4.78 is 0. The number of carboxylic acids is 1. The molecule has 0 aromatic carbocycles. The molecule has 0 saturated carbocycles. The van der Waals surface area contributed by atoms with Crippen LogP contribution in [0, 0.1) is 17.8 Å². The van der Waals surface area contributed by atoms with Crippen molar-refractivity contribution in [3.05, 3.63) is 0 Å². The van der Waals surface area contributed by atoms with Gasteiger partial charge in [-0.05, 0) is 30.6 Å². The van der Waals surface area contributed by atoms with Gasteiger partial charge in [0.25, 0.3) is 0 Å². The van der Waals surface area contributed by atoms with E-state index in [1.54, 1.807) is 0 Å². The Morgan fingerprint density at radius 3 is 1.90 bits per heavy atom. The number of rotatable bonds is 13. The quantitative estimate of drug-likeness (QED) is 0.298. The van der Waals surface area contributed by atoms with Crippen molar-refractivity contribution in [3.8, 4) is 0 Å². The average Bonchev–Trinajstić information content (AvgIpc) is 2.61. The van der Waals surface area contributed by atoms with Gasteiger partial charge in [-0.3, -0.25) is 14.4 Å². The Bertz CT molecular complexity index is 565. The van der Waals surface area contributed by atoms with Gasteiger partial charge >= 0.3 is 5.97 Å². The van der Waals surface area contributed by atoms with Crippen molar-refractivity contribution in [2.45, 2.75) is 78.9 Å². The van der Waals surface area contributed by atoms with Gasteiger partial charge in [0.05, 0.1) is 12.6 Å². The van der Waals surface area contributed by atoms with Crippen molar-refractivity contribution in [2.75, 3.05) is 6.54 Å². The summed E-state index contributed by atoms with van der Waals surface area (Å²) in [6.45, 7) is 11.0. The lowest BCUT2D eigenvalue weighted by Gasteiger charge is -2.25. The number of aliphatic carboxylic acids is 1. The van der Waals surface area contributed by atoms with Crippen LogP contribution in [0.1, 0.15) is 60.8 Å². The molecule has 0 spiro atoms. The standard InChI is InChI=1S/C20H38N4O5/c1-7-13(6)17(24-18(26)14(21)8-11(2)3)19(27)22-10-16(25)23-15(20(28)29)9-12(4)5/h11-15,17H,7-10,21H2,1-6H3,(H,22,27)(H,23,25)(H,24,26)(H,28,29). The molecule has 3 amide bonds. The van der Waals surface area contributed by atoms with Crippen molar-refractivity contribution in [1.82, 2.24) is 16.0 Å². The predicted molar refractivity (Wildman–Crippen MR) is 111 cm³/mol. The van der Waals surface area contributed by atoms with Crippen LogP contribution in [-0.4, -0.2) is 53.5 Å². The lowest BCUT2D eigenvalue weighted by atomic mass is 9.97. The van der Waals surface area contributed by atoms with Gasteiger partial charge in [0.1, 0.15) is 12.1 Å². The molecule has 4 atom stereocenters. The third-order valence-electron chi connectivity index (χ3n) is 4.62. The molecule has 0 aliphatic carbocycles. The summed E-state index contributed by atoms with van der Waals surface area (Å²) in [6, 6.07) is -2.56. The highest BCUT2D eigenvalue weighted by Gasteiger charge is 2.29. The number of hydrogen-bond donors (Lipinski definition) is 5. The van der Waals surface area contributed by atoms with Gasteiger partial charge in [0, 0.05) is 0 Å². The molecule has 9 heteroatoms. The average molecular weight is 415 g/mol. The van der Waals surface area contributed by atoms with Gasteiger partial charge in [-0.1, -0.05) is 48.0 Å². The Labute approximate surface area is 173 Å². The zero-order valence-corrected chi connectivity index (χ0v) is 18.5. The van der Waals surface area contributed by atoms with Crippen LogP contribution < -0.4 is 21.7 Å². The lowest BCUT2D eigenvalue weighted by molar-refractivity contribution is -0.142. The van der Waals surface area contributed by atoms with E-state index in [0.29, 0.717) is 12.8 Å². The fourth-order valence-corrected chi connectivity index (χ4v) is 2.79. The minimum atomic E-state index is -1.12. The van der Waals surface area contributed by atoms with E-state index >= 15 is 0 Å². The minimum Gasteiger partial charge on any atom is -0.480 e. The minimum absolute atomic E-state index is 0.0889. The number of amides is 3. The van der Waals surface area contributed by atoms with Crippen LogP contribution in [0.4, 0.5) is 0 Å². The number of hydrogen-bond acceptors (Lipinski definition) is 5. The van der Waals surface area contributed by atoms with E-state index in [1.165, 1.54) is 0 Å². The van der Waals surface area contributed by atoms with Crippen molar-refractivity contribution < 1.29 is 24.3 Å². The fourth-order valence-electron chi connectivity index (χ4n) is 2.79. The molecule has 0 bridgehead atoms. The summed E-state index contributed by atoms with van der Waals surface area (Å²) in [6.07, 6.45) is 1.42.